The van der Waals surface area contributed by atoms with Gasteiger partial charge in [-0.2, -0.15) is 0 Å². The third-order valence-electron chi connectivity index (χ3n) is 4.07. The SMILES string of the molecule is CN(C)CCNC1CC(=O)N(C2CCCCC2)C1=O. The summed E-state index contributed by atoms with van der Waals surface area (Å²) in [5, 5.41) is 3.21. The van der Waals surface area contributed by atoms with Gasteiger partial charge in [-0.3, -0.25) is 14.5 Å². The van der Waals surface area contributed by atoms with Gasteiger partial charge < -0.3 is 10.2 Å². The fourth-order valence-electron chi connectivity index (χ4n) is 3.00. The van der Waals surface area contributed by atoms with Crippen LogP contribution in [-0.4, -0.2) is 60.9 Å². The zero-order valence-corrected chi connectivity index (χ0v) is 12.0. The lowest BCUT2D eigenvalue weighted by molar-refractivity contribution is -0.142. The zero-order valence-electron chi connectivity index (χ0n) is 12.0. The fourth-order valence-corrected chi connectivity index (χ4v) is 3.00. The molecule has 1 atom stereocenters. The molecule has 108 valence electrons. The highest BCUT2D eigenvalue weighted by Crippen LogP contribution is 2.27. The van der Waals surface area contributed by atoms with Crippen LogP contribution in [0.5, 0.6) is 0 Å². The van der Waals surface area contributed by atoms with Gasteiger partial charge in [-0.25, -0.2) is 0 Å². The van der Waals surface area contributed by atoms with E-state index in [1.807, 2.05) is 14.1 Å². The molecule has 1 unspecified atom stereocenters. The van der Waals surface area contributed by atoms with Crippen LogP contribution in [0.2, 0.25) is 0 Å². The Balaban J connectivity index is 1.88. The first-order valence-corrected chi connectivity index (χ1v) is 7.33. The number of likely N-dealkylation sites (N-methyl/N-ethyl adjacent to an activating group) is 1. The van der Waals surface area contributed by atoms with Crippen molar-refractivity contribution in [1.82, 2.24) is 15.1 Å². The van der Waals surface area contributed by atoms with E-state index in [4.69, 9.17) is 0 Å². The summed E-state index contributed by atoms with van der Waals surface area (Å²) in [6.45, 7) is 1.62. The zero-order chi connectivity index (χ0) is 13.8. The van der Waals surface area contributed by atoms with E-state index >= 15 is 0 Å². The van der Waals surface area contributed by atoms with Gasteiger partial charge in [-0.05, 0) is 26.9 Å². The largest absolute Gasteiger partial charge is 0.308 e. The van der Waals surface area contributed by atoms with Gasteiger partial charge in [0, 0.05) is 19.1 Å². The average Bonchev–Trinajstić information content (AvgIpc) is 2.65. The van der Waals surface area contributed by atoms with Crippen LogP contribution in [-0.2, 0) is 9.59 Å². The summed E-state index contributed by atoms with van der Waals surface area (Å²) in [6, 6.07) is -0.135. The Morgan fingerprint density at radius 2 is 1.89 bits per heavy atom. The van der Waals surface area contributed by atoms with Crippen molar-refractivity contribution >= 4 is 11.8 Å². The van der Waals surface area contributed by atoms with Crippen LogP contribution in [0.15, 0.2) is 0 Å². The topological polar surface area (TPSA) is 52.7 Å². The van der Waals surface area contributed by atoms with E-state index in [2.05, 4.69) is 10.2 Å². The molecule has 2 aliphatic rings. The number of hydrogen-bond donors (Lipinski definition) is 1. The molecule has 1 heterocycles. The average molecular weight is 267 g/mol. The van der Waals surface area contributed by atoms with Gasteiger partial charge in [0.05, 0.1) is 12.5 Å². The quantitative estimate of drug-likeness (QED) is 0.741. The van der Waals surface area contributed by atoms with Crippen molar-refractivity contribution in [3.05, 3.63) is 0 Å². The molecule has 2 amide bonds. The van der Waals surface area contributed by atoms with Crippen LogP contribution in [0.3, 0.4) is 0 Å². The minimum atomic E-state index is -0.297. The summed E-state index contributed by atoms with van der Waals surface area (Å²) in [6.07, 6.45) is 5.82. The molecule has 1 N–H and O–H groups in total. The highest BCUT2D eigenvalue weighted by Gasteiger charge is 2.42. The van der Waals surface area contributed by atoms with Crippen molar-refractivity contribution < 1.29 is 9.59 Å². The molecule has 0 bridgehead atoms. The minimum Gasteiger partial charge on any atom is -0.308 e. The molecular formula is C14H25N3O2. The van der Waals surface area contributed by atoms with Crippen LogP contribution in [0, 0.1) is 0 Å². The number of nitrogens with one attached hydrogen (secondary N) is 1. The number of amides is 2. The summed E-state index contributed by atoms with van der Waals surface area (Å²) in [5.74, 6) is 0.00918. The lowest BCUT2D eigenvalue weighted by Gasteiger charge is -2.29. The van der Waals surface area contributed by atoms with Crippen molar-refractivity contribution in [2.24, 2.45) is 0 Å². The minimum absolute atomic E-state index is 0.00402. The maximum absolute atomic E-state index is 12.3. The van der Waals surface area contributed by atoms with Crippen molar-refractivity contribution in [3.63, 3.8) is 0 Å². The number of rotatable bonds is 5. The molecule has 0 aromatic carbocycles. The third kappa shape index (κ3) is 3.54. The lowest BCUT2D eigenvalue weighted by atomic mass is 9.94. The Morgan fingerprint density at radius 1 is 1.21 bits per heavy atom. The second-order valence-electron chi connectivity index (χ2n) is 5.91. The van der Waals surface area contributed by atoms with Crippen LogP contribution in [0.25, 0.3) is 0 Å². The maximum Gasteiger partial charge on any atom is 0.247 e. The highest BCUT2D eigenvalue weighted by atomic mass is 16.2. The van der Waals surface area contributed by atoms with Crippen molar-refractivity contribution in [2.45, 2.75) is 50.6 Å². The molecule has 19 heavy (non-hydrogen) atoms. The maximum atomic E-state index is 12.3. The molecule has 0 radical (unpaired) electrons. The van der Waals surface area contributed by atoms with E-state index < -0.39 is 0 Å². The van der Waals surface area contributed by atoms with E-state index in [9.17, 15) is 9.59 Å². The van der Waals surface area contributed by atoms with E-state index in [0.717, 1.165) is 38.8 Å². The molecule has 5 heteroatoms. The molecule has 0 aromatic heterocycles. The summed E-state index contributed by atoms with van der Waals surface area (Å²) in [7, 11) is 4.00. The standard InChI is InChI=1S/C14H25N3O2/c1-16(2)9-8-15-12-10-13(18)17(14(12)19)11-6-4-3-5-7-11/h11-12,15H,3-10H2,1-2H3. The molecule has 1 aliphatic heterocycles. The first-order valence-electron chi connectivity index (χ1n) is 7.33. The van der Waals surface area contributed by atoms with Gasteiger partial charge in [0.15, 0.2) is 0 Å². The highest BCUT2D eigenvalue weighted by molar-refractivity contribution is 6.05. The molecule has 0 aromatic rings. The Hall–Kier alpha value is -0.940. The molecule has 0 spiro atoms. The Bertz CT molecular complexity index is 338. The van der Waals surface area contributed by atoms with Gasteiger partial charge in [-0.1, -0.05) is 19.3 Å². The number of carbonyl (C=O) groups is 2. The Kier molecular flexibility index (Phi) is 4.93. The second kappa shape index (κ2) is 6.48. The number of imide groups is 1. The summed E-state index contributed by atoms with van der Waals surface area (Å²) in [5.41, 5.74) is 0. The van der Waals surface area contributed by atoms with Gasteiger partial charge in [0.1, 0.15) is 0 Å². The third-order valence-corrected chi connectivity index (χ3v) is 4.07. The van der Waals surface area contributed by atoms with Gasteiger partial charge in [0.2, 0.25) is 11.8 Å². The molecule has 2 fully saturated rings. The summed E-state index contributed by atoms with van der Waals surface area (Å²) < 4.78 is 0. The Labute approximate surface area is 115 Å². The second-order valence-corrected chi connectivity index (χ2v) is 5.91. The van der Waals surface area contributed by atoms with E-state index in [-0.39, 0.29) is 23.9 Å². The first-order chi connectivity index (χ1) is 9.09. The van der Waals surface area contributed by atoms with Crippen LogP contribution in [0.4, 0.5) is 0 Å². The van der Waals surface area contributed by atoms with Crippen LogP contribution >= 0.6 is 0 Å². The van der Waals surface area contributed by atoms with Gasteiger partial charge >= 0.3 is 0 Å². The van der Waals surface area contributed by atoms with E-state index in [1.165, 1.54) is 6.42 Å². The van der Waals surface area contributed by atoms with Crippen molar-refractivity contribution in [2.75, 3.05) is 27.2 Å². The molecule has 2 rings (SSSR count). The van der Waals surface area contributed by atoms with Crippen molar-refractivity contribution in [1.29, 1.82) is 0 Å². The molecule has 5 nitrogen and oxygen atoms in total. The lowest BCUT2D eigenvalue weighted by Crippen LogP contribution is -2.45. The molecule has 1 saturated carbocycles. The monoisotopic (exact) mass is 267 g/mol. The van der Waals surface area contributed by atoms with Crippen LogP contribution in [0.1, 0.15) is 38.5 Å². The molecule has 1 aliphatic carbocycles. The predicted octanol–water partition coefficient (Wildman–Crippen LogP) is 0.598. The van der Waals surface area contributed by atoms with E-state index in [1.54, 1.807) is 4.90 Å². The summed E-state index contributed by atoms with van der Waals surface area (Å²) >= 11 is 0. The number of likely N-dealkylation sites (tertiary alicyclic amines) is 1. The number of carbonyl (C=O) groups excluding carboxylic acids is 2. The number of hydrogen-bond acceptors (Lipinski definition) is 4. The Morgan fingerprint density at radius 3 is 2.53 bits per heavy atom. The number of nitrogens with zero attached hydrogens (tertiary/aromatic N) is 2. The van der Waals surface area contributed by atoms with Crippen molar-refractivity contribution in [3.8, 4) is 0 Å². The van der Waals surface area contributed by atoms with E-state index in [0.29, 0.717) is 6.42 Å². The molecular weight excluding hydrogens is 242 g/mol. The van der Waals surface area contributed by atoms with Gasteiger partial charge in [0.25, 0.3) is 0 Å². The smallest absolute Gasteiger partial charge is 0.247 e. The normalized spacial score (nSPS) is 25.6. The molecule has 1 saturated heterocycles. The first kappa shape index (κ1) is 14.5. The summed E-state index contributed by atoms with van der Waals surface area (Å²) in [4.78, 5) is 28.0. The fraction of sp³-hybridized carbons (Fsp3) is 0.857. The van der Waals surface area contributed by atoms with Gasteiger partial charge in [-0.15, -0.1) is 0 Å². The predicted molar refractivity (Wildman–Crippen MR) is 73.7 cm³/mol. The van der Waals surface area contributed by atoms with Crippen LogP contribution < -0.4 is 5.32 Å².